The minimum atomic E-state index is -0.712. The lowest BCUT2D eigenvalue weighted by Crippen LogP contribution is -1.96. The Labute approximate surface area is 117 Å². The van der Waals surface area contributed by atoms with E-state index in [4.69, 9.17) is 0 Å². The van der Waals surface area contributed by atoms with Gasteiger partial charge in [0.1, 0.15) is 5.82 Å². The SMILES string of the molecule is CSc1nnc(Sc2c(F)cccc2[C@@H](C)O)s1. The smallest absolute Gasteiger partial charge is 0.180 e. The highest BCUT2D eigenvalue weighted by Crippen LogP contribution is 2.37. The van der Waals surface area contributed by atoms with Gasteiger partial charge in [-0.15, -0.1) is 10.2 Å². The molecule has 1 atom stereocenters. The normalized spacial score (nSPS) is 12.7. The number of thioether (sulfide) groups is 1. The zero-order chi connectivity index (χ0) is 13.1. The van der Waals surface area contributed by atoms with Crippen LogP contribution in [0.4, 0.5) is 4.39 Å². The third kappa shape index (κ3) is 3.03. The Hall–Kier alpha value is -0.630. The molecule has 3 nitrogen and oxygen atoms in total. The predicted molar refractivity (Wildman–Crippen MR) is 72.8 cm³/mol. The van der Waals surface area contributed by atoms with E-state index in [0.29, 0.717) is 14.8 Å². The Kier molecular flexibility index (Phi) is 4.60. The van der Waals surface area contributed by atoms with E-state index in [9.17, 15) is 9.50 Å². The predicted octanol–water partition coefficient (Wildman–Crippen LogP) is 3.60. The van der Waals surface area contributed by atoms with Gasteiger partial charge in [-0.3, -0.25) is 0 Å². The molecule has 0 aliphatic carbocycles. The van der Waals surface area contributed by atoms with Crippen LogP contribution in [0.15, 0.2) is 31.8 Å². The molecule has 2 rings (SSSR count). The third-order valence-electron chi connectivity index (χ3n) is 2.20. The molecule has 0 aliphatic rings. The average molecular weight is 302 g/mol. The first-order valence-electron chi connectivity index (χ1n) is 5.13. The van der Waals surface area contributed by atoms with Gasteiger partial charge in [0.2, 0.25) is 0 Å². The minimum absolute atomic E-state index is 0.348. The fraction of sp³-hybridized carbons (Fsp3) is 0.273. The quantitative estimate of drug-likeness (QED) is 0.874. The lowest BCUT2D eigenvalue weighted by atomic mass is 10.1. The fourth-order valence-corrected chi connectivity index (χ4v) is 3.97. The maximum Gasteiger partial charge on any atom is 0.180 e. The lowest BCUT2D eigenvalue weighted by Gasteiger charge is -2.10. The summed E-state index contributed by atoms with van der Waals surface area (Å²) in [6.07, 6.45) is 1.20. The van der Waals surface area contributed by atoms with Gasteiger partial charge in [0.05, 0.1) is 11.0 Å². The molecule has 1 N–H and O–H groups in total. The van der Waals surface area contributed by atoms with Gasteiger partial charge in [-0.1, -0.05) is 47.0 Å². The molecule has 1 aromatic carbocycles. The first-order valence-corrected chi connectivity index (χ1v) is 7.99. The van der Waals surface area contributed by atoms with E-state index in [0.717, 1.165) is 4.34 Å². The summed E-state index contributed by atoms with van der Waals surface area (Å²) in [7, 11) is 0. The monoisotopic (exact) mass is 302 g/mol. The van der Waals surface area contributed by atoms with Gasteiger partial charge >= 0.3 is 0 Å². The van der Waals surface area contributed by atoms with E-state index in [1.165, 1.54) is 40.9 Å². The second kappa shape index (κ2) is 6.01. The molecule has 0 spiro atoms. The van der Waals surface area contributed by atoms with Crippen molar-refractivity contribution in [1.29, 1.82) is 0 Å². The van der Waals surface area contributed by atoms with Gasteiger partial charge in [0, 0.05) is 0 Å². The van der Waals surface area contributed by atoms with Crippen LogP contribution in [0.25, 0.3) is 0 Å². The van der Waals surface area contributed by atoms with Crippen LogP contribution >= 0.6 is 34.9 Å². The summed E-state index contributed by atoms with van der Waals surface area (Å²) in [6.45, 7) is 1.62. The Morgan fingerprint density at radius 3 is 2.67 bits per heavy atom. The number of aliphatic hydroxyl groups excluding tert-OH is 1. The standard InChI is InChI=1S/C11H11FN2OS3/c1-6(15)7-4-3-5-8(12)9(7)17-11-14-13-10(16-2)18-11/h3-6,15H,1-2H3/t6-/m1/s1. The van der Waals surface area contributed by atoms with Crippen molar-refractivity contribution in [2.24, 2.45) is 0 Å². The number of nitrogens with zero attached hydrogens (tertiary/aromatic N) is 2. The highest BCUT2D eigenvalue weighted by atomic mass is 32.2. The molecule has 2 aromatic rings. The van der Waals surface area contributed by atoms with Crippen LogP contribution in [0.2, 0.25) is 0 Å². The van der Waals surface area contributed by atoms with Crippen LogP contribution < -0.4 is 0 Å². The van der Waals surface area contributed by atoms with E-state index in [1.807, 2.05) is 6.26 Å². The topological polar surface area (TPSA) is 46.0 Å². The second-order valence-corrected chi connectivity index (χ2v) is 6.76. The van der Waals surface area contributed by atoms with Crippen LogP contribution in [-0.4, -0.2) is 21.6 Å². The van der Waals surface area contributed by atoms with Crippen molar-refractivity contribution < 1.29 is 9.50 Å². The van der Waals surface area contributed by atoms with Gasteiger partial charge < -0.3 is 5.11 Å². The molecule has 0 bridgehead atoms. The van der Waals surface area contributed by atoms with E-state index in [-0.39, 0.29) is 5.82 Å². The summed E-state index contributed by atoms with van der Waals surface area (Å²) in [5, 5.41) is 17.6. The number of aliphatic hydroxyl groups is 1. The molecule has 1 heterocycles. The van der Waals surface area contributed by atoms with Crippen molar-refractivity contribution in [2.45, 2.75) is 26.6 Å². The van der Waals surface area contributed by atoms with E-state index >= 15 is 0 Å². The van der Waals surface area contributed by atoms with Gasteiger partial charge in [-0.05, 0) is 24.8 Å². The summed E-state index contributed by atoms with van der Waals surface area (Å²) in [5.74, 6) is -0.348. The highest BCUT2D eigenvalue weighted by Gasteiger charge is 2.16. The largest absolute Gasteiger partial charge is 0.389 e. The molecule has 96 valence electrons. The highest BCUT2D eigenvalue weighted by molar-refractivity contribution is 8.03. The zero-order valence-electron chi connectivity index (χ0n) is 9.75. The Morgan fingerprint density at radius 1 is 1.33 bits per heavy atom. The first kappa shape index (κ1) is 13.8. The lowest BCUT2D eigenvalue weighted by molar-refractivity contribution is 0.195. The summed E-state index contributed by atoms with van der Waals surface area (Å²) < 4.78 is 15.3. The van der Waals surface area contributed by atoms with Gasteiger partial charge in [-0.25, -0.2) is 4.39 Å². The Bertz CT molecular complexity index is 545. The summed E-state index contributed by atoms with van der Waals surface area (Å²) in [4.78, 5) is 0.413. The van der Waals surface area contributed by atoms with Gasteiger partial charge in [0.15, 0.2) is 8.68 Å². The van der Waals surface area contributed by atoms with Crippen molar-refractivity contribution in [3.63, 3.8) is 0 Å². The molecule has 0 radical (unpaired) electrons. The molecule has 1 aromatic heterocycles. The maximum absolute atomic E-state index is 13.8. The molecule has 18 heavy (non-hydrogen) atoms. The van der Waals surface area contributed by atoms with Gasteiger partial charge in [0.25, 0.3) is 0 Å². The Morgan fingerprint density at radius 2 is 2.06 bits per heavy atom. The first-order chi connectivity index (χ1) is 8.61. The van der Waals surface area contributed by atoms with Crippen molar-refractivity contribution in [2.75, 3.05) is 6.26 Å². The average Bonchev–Trinajstić information content (AvgIpc) is 2.79. The van der Waals surface area contributed by atoms with Gasteiger partial charge in [-0.2, -0.15) is 0 Å². The number of halogens is 1. The number of rotatable bonds is 4. The summed E-state index contributed by atoms with van der Waals surface area (Å²) in [5.41, 5.74) is 0.570. The number of hydrogen-bond acceptors (Lipinski definition) is 6. The van der Waals surface area contributed by atoms with Crippen molar-refractivity contribution in [3.05, 3.63) is 29.6 Å². The van der Waals surface area contributed by atoms with E-state index in [2.05, 4.69) is 10.2 Å². The minimum Gasteiger partial charge on any atom is -0.389 e. The number of aromatic nitrogens is 2. The van der Waals surface area contributed by atoms with Crippen LogP contribution in [0.3, 0.4) is 0 Å². The van der Waals surface area contributed by atoms with Crippen LogP contribution in [0.5, 0.6) is 0 Å². The zero-order valence-corrected chi connectivity index (χ0v) is 12.2. The molecule has 0 saturated carbocycles. The maximum atomic E-state index is 13.8. The van der Waals surface area contributed by atoms with E-state index in [1.54, 1.807) is 19.1 Å². The van der Waals surface area contributed by atoms with Crippen LogP contribution in [0.1, 0.15) is 18.6 Å². The van der Waals surface area contributed by atoms with Crippen molar-refractivity contribution in [3.8, 4) is 0 Å². The van der Waals surface area contributed by atoms with Crippen molar-refractivity contribution in [1.82, 2.24) is 10.2 Å². The summed E-state index contributed by atoms with van der Waals surface area (Å²) in [6, 6.07) is 4.69. The molecule has 7 heteroatoms. The molecule has 0 unspecified atom stereocenters. The molecule has 0 aliphatic heterocycles. The van der Waals surface area contributed by atoms with Crippen LogP contribution in [-0.2, 0) is 0 Å². The molecular weight excluding hydrogens is 291 g/mol. The molecule has 0 amide bonds. The number of hydrogen-bond donors (Lipinski definition) is 1. The Balaban J connectivity index is 2.33. The fourth-order valence-electron chi connectivity index (χ4n) is 1.37. The molecule has 0 saturated heterocycles. The second-order valence-electron chi connectivity index (χ2n) is 3.47. The molecular formula is C11H11FN2OS3. The third-order valence-corrected chi connectivity index (χ3v) is 5.28. The van der Waals surface area contributed by atoms with Crippen molar-refractivity contribution >= 4 is 34.9 Å². The number of benzene rings is 1. The molecule has 0 fully saturated rings. The summed E-state index contributed by atoms with van der Waals surface area (Å²) >= 11 is 4.12. The van der Waals surface area contributed by atoms with E-state index < -0.39 is 6.10 Å². The van der Waals surface area contributed by atoms with Crippen LogP contribution in [0, 0.1) is 5.82 Å².